The van der Waals surface area contributed by atoms with E-state index in [2.05, 4.69) is 5.32 Å². The zero-order chi connectivity index (χ0) is 15.4. The van der Waals surface area contributed by atoms with Crippen molar-refractivity contribution in [1.29, 1.82) is 0 Å². The molecule has 0 saturated heterocycles. The number of aryl methyl sites for hydroxylation is 1. The van der Waals surface area contributed by atoms with Crippen LogP contribution < -0.4 is 10.1 Å². The zero-order valence-electron chi connectivity index (χ0n) is 12.3. The van der Waals surface area contributed by atoms with Gasteiger partial charge in [0.1, 0.15) is 17.2 Å². The lowest BCUT2D eigenvalue weighted by Crippen LogP contribution is -1.90. The van der Waals surface area contributed by atoms with Gasteiger partial charge in [-0.1, -0.05) is 18.2 Å². The standard InChI is InChI=1S/C19H17NO2/c1-14-13-18(11-12-19(14)21)22-17-9-7-16(8-10-17)20-15-5-3-2-4-6-15/h2-13,20-21H,1H3. The third-order valence-electron chi connectivity index (χ3n) is 3.32. The van der Waals surface area contributed by atoms with E-state index in [9.17, 15) is 5.11 Å². The summed E-state index contributed by atoms with van der Waals surface area (Å²) in [6, 6.07) is 23.0. The van der Waals surface area contributed by atoms with Crippen molar-refractivity contribution in [3.63, 3.8) is 0 Å². The minimum atomic E-state index is 0.273. The molecule has 3 aromatic rings. The van der Waals surface area contributed by atoms with E-state index < -0.39 is 0 Å². The van der Waals surface area contributed by atoms with Crippen LogP contribution in [-0.4, -0.2) is 5.11 Å². The summed E-state index contributed by atoms with van der Waals surface area (Å²) in [7, 11) is 0. The molecule has 0 aromatic heterocycles. The van der Waals surface area contributed by atoms with Gasteiger partial charge in [-0.25, -0.2) is 0 Å². The van der Waals surface area contributed by atoms with Gasteiger partial charge in [0.2, 0.25) is 0 Å². The molecule has 22 heavy (non-hydrogen) atoms. The Bertz CT molecular complexity index is 752. The maximum Gasteiger partial charge on any atom is 0.127 e. The monoisotopic (exact) mass is 291 g/mol. The van der Waals surface area contributed by atoms with Crippen LogP contribution in [0.5, 0.6) is 17.2 Å². The van der Waals surface area contributed by atoms with Crippen molar-refractivity contribution >= 4 is 11.4 Å². The fraction of sp³-hybridized carbons (Fsp3) is 0.0526. The molecule has 0 atom stereocenters. The Balaban J connectivity index is 1.70. The summed E-state index contributed by atoms with van der Waals surface area (Å²) in [6.07, 6.45) is 0. The third kappa shape index (κ3) is 3.38. The molecule has 0 saturated carbocycles. The van der Waals surface area contributed by atoms with Crippen LogP contribution in [0.3, 0.4) is 0 Å². The maximum atomic E-state index is 9.52. The Hall–Kier alpha value is -2.94. The van der Waals surface area contributed by atoms with Crippen molar-refractivity contribution in [3.8, 4) is 17.2 Å². The van der Waals surface area contributed by atoms with Crippen molar-refractivity contribution < 1.29 is 9.84 Å². The number of para-hydroxylation sites is 1. The molecule has 0 aliphatic rings. The maximum absolute atomic E-state index is 9.52. The number of nitrogens with one attached hydrogen (secondary N) is 1. The van der Waals surface area contributed by atoms with Gasteiger partial charge in [0.05, 0.1) is 0 Å². The van der Waals surface area contributed by atoms with Gasteiger partial charge in [-0.15, -0.1) is 0 Å². The van der Waals surface area contributed by atoms with Crippen molar-refractivity contribution in [2.75, 3.05) is 5.32 Å². The van der Waals surface area contributed by atoms with Crippen molar-refractivity contribution in [1.82, 2.24) is 0 Å². The molecular formula is C19H17NO2. The van der Waals surface area contributed by atoms with Crippen LogP contribution in [-0.2, 0) is 0 Å². The van der Waals surface area contributed by atoms with E-state index in [1.54, 1.807) is 12.1 Å². The van der Waals surface area contributed by atoms with Gasteiger partial charge >= 0.3 is 0 Å². The molecule has 0 spiro atoms. The Morgan fingerprint density at radius 1 is 0.773 bits per heavy atom. The first-order valence-corrected chi connectivity index (χ1v) is 7.10. The number of phenolic OH excluding ortho intramolecular Hbond substituents is 1. The predicted octanol–water partition coefficient (Wildman–Crippen LogP) is 5.24. The van der Waals surface area contributed by atoms with Crippen molar-refractivity contribution in [2.24, 2.45) is 0 Å². The molecular weight excluding hydrogens is 274 g/mol. The summed E-state index contributed by atoms with van der Waals surface area (Å²) >= 11 is 0. The van der Waals surface area contributed by atoms with Gasteiger partial charge in [-0.2, -0.15) is 0 Å². The van der Waals surface area contributed by atoms with E-state index in [1.165, 1.54) is 0 Å². The van der Waals surface area contributed by atoms with Gasteiger partial charge < -0.3 is 15.2 Å². The average Bonchev–Trinajstić information content (AvgIpc) is 2.54. The van der Waals surface area contributed by atoms with E-state index in [0.29, 0.717) is 5.75 Å². The quantitative estimate of drug-likeness (QED) is 0.691. The first-order chi connectivity index (χ1) is 10.7. The molecule has 0 heterocycles. The first kappa shape index (κ1) is 14.0. The van der Waals surface area contributed by atoms with E-state index in [-0.39, 0.29) is 5.75 Å². The minimum Gasteiger partial charge on any atom is -0.508 e. The summed E-state index contributed by atoms with van der Waals surface area (Å²) < 4.78 is 5.78. The smallest absolute Gasteiger partial charge is 0.127 e. The molecule has 2 N–H and O–H groups in total. The lowest BCUT2D eigenvalue weighted by atomic mass is 10.2. The third-order valence-corrected chi connectivity index (χ3v) is 3.32. The molecule has 0 aliphatic carbocycles. The van der Waals surface area contributed by atoms with Gasteiger partial charge in [-0.3, -0.25) is 0 Å². The molecule has 0 amide bonds. The molecule has 3 nitrogen and oxygen atoms in total. The highest BCUT2D eigenvalue weighted by Crippen LogP contribution is 2.27. The van der Waals surface area contributed by atoms with Gasteiger partial charge in [-0.05, 0) is 67.1 Å². The van der Waals surface area contributed by atoms with Crippen molar-refractivity contribution in [3.05, 3.63) is 78.4 Å². The molecule has 0 aliphatic heterocycles. The molecule has 0 fully saturated rings. The zero-order valence-corrected chi connectivity index (χ0v) is 12.3. The van der Waals surface area contributed by atoms with E-state index in [1.807, 2.05) is 67.6 Å². The second-order valence-electron chi connectivity index (χ2n) is 5.07. The summed E-state index contributed by atoms with van der Waals surface area (Å²) in [5, 5.41) is 12.8. The minimum absolute atomic E-state index is 0.273. The second-order valence-corrected chi connectivity index (χ2v) is 5.07. The molecule has 0 bridgehead atoms. The summed E-state index contributed by atoms with van der Waals surface area (Å²) in [5.41, 5.74) is 2.84. The SMILES string of the molecule is Cc1cc(Oc2ccc(Nc3ccccc3)cc2)ccc1O. The van der Waals surface area contributed by atoms with Gasteiger partial charge in [0, 0.05) is 11.4 Å². The molecule has 110 valence electrons. The highest BCUT2D eigenvalue weighted by molar-refractivity contribution is 5.60. The van der Waals surface area contributed by atoms with E-state index in [0.717, 1.165) is 22.7 Å². The van der Waals surface area contributed by atoms with E-state index in [4.69, 9.17) is 4.74 Å². The number of hydrogen-bond acceptors (Lipinski definition) is 3. The first-order valence-electron chi connectivity index (χ1n) is 7.10. The number of aromatic hydroxyl groups is 1. The number of anilines is 2. The molecule has 0 unspecified atom stereocenters. The topological polar surface area (TPSA) is 41.5 Å². The van der Waals surface area contributed by atoms with Crippen LogP contribution >= 0.6 is 0 Å². The van der Waals surface area contributed by atoms with Crippen LogP contribution in [0, 0.1) is 6.92 Å². The Kier molecular flexibility index (Phi) is 3.97. The van der Waals surface area contributed by atoms with E-state index >= 15 is 0 Å². The Morgan fingerprint density at radius 2 is 1.41 bits per heavy atom. The highest BCUT2D eigenvalue weighted by Gasteiger charge is 2.01. The van der Waals surface area contributed by atoms with Crippen LogP contribution in [0.2, 0.25) is 0 Å². The van der Waals surface area contributed by atoms with Gasteiger partial charge in [0.25, 0.3) is 0 Å². The number of ether oxygens (including phenoxy) is 1. The molecule has 3 heteroatoms. The largest absolute Gasteiger partial charge is 0.508 e. The lowest BCUT2D eigenvalue weighted by molar-refractivity contribution is 0.460. The molecule has 0 radical (unpaired) electrons. The number of rotatable bonds is 4. The van der Waals surface area contributed by atoms with Gasteiger partial charge in [0.15, 0.2) is 0 Å². The average molecular weight is 291 g/mol. The van der Waals surface area contributed by atoms with Crippen LogP contribution in [0.1, 0.15) is 5.56 Å². The number of hydrogen-bond donors (Lipinski definition) is 2. The second kappa shape index (κ2) is 6.22. The van der Waals surface area contributed by atoms with Crippen LogP contribution in [0.25, 0.3) is 0 Å². The summed E-state index contributed by atoms with van der Waals surface area (Å²) in [5.74, 6) is 1.73. The number of benzene rings is 3. The molecule has 3 rings (SSSR count). The predicted molar refractivity (Wildman–Crippen MR) is 89.1 cm³/mol. The summed E-state index contributed by atoms with van der Waals surface area (Å²) in [4.78, 5) is 0. The van der Waals surface area contributed by atoms with Crippen LogP contribution in [0.15, 0.2) is 72.8 Å². The normalized spacial score (nSPS) is 10.2. The fourth-order valence-electron chi connectivity index (χ4n) is 2.12. The van der Waals surface area contributed by atoms with Crippen molar-refractivity contribution in [2.45, 2.75) is 6.92 Å². The fourth-order valence-corrected chi connectivity index (χ4v) is 2.12. The highest BCUT2D eigenvalue weighted by atomic mass is 16.5. The summed E-state index contributed by atoms with van der Waals surface area (Å²) in [6.45, 7) is 1.84. The lowest BCUT2D eigenvalue weighted by Gasteiger charge is -2.09. The number of phenols is 1. The Morgan fingerprint density at radius 3 is 2.09 bits per heavy atom. The Labute approximate surface area is 129 Å². The molecule has 3 aromatic carbocycles. The van der Waals surface area contributed by atoms with Crippen LogP contribution in [0.4, 0.5) is 11.4 Å².